The Morgan fingerprint density at radius 1 is 1.32 bits per heavy atom. The molecule has 19 heavy (non-hydrogen) atoms. The Labute approximate surface area is 115 Å². The molecule has 0 bridgehead atoms. The minimum Gasteiger partial charge on any atom is -0.479 e. The van der Waals surface area contributed by atoms with Gasteiger partial charge in [0.25, 0.3) is 5.91 Å². The number of benzene rings is 1. The summed E-state index contributed by atoms with van der Waals surface area (Å²) in [7, 11) is 0. The van der Waals surface area contributed by atoms with Crippen molar-refractivity contribution in [2.45, 2.75) is 12.0 Å². The van der Waals surface area contributed by atoms with Crippen molar-refractivity contribution in [2.24, 2.45) is 0 Å². The summed E-state index contributed by atoms with van der Waals surface area (Å²) in [5.41, 5.74) is -0.435. The second kappa shape index (κ2) is 5.81. The zero-order chi connectivity index (χ0) is 13.7. The molecule has 5 heteroatoms. The molecule has 2 rings (SSSR count). The molecule has 98 valence electrons. The Hall–Kier alpha value is -1.93. The van der Waals surface area contributed by atoms with Crippen molar-refractivity contribution in [3.63, 3.8) is 0 Å². The maximum atomic E-state index is 11.7. The van der Waals surface area contributed by atoms with Gasteiger partial charge in [-0.25, -0.2) is 4.79 Å². The fourth-order valence-corrected chi connectivity index (χ4v) is 3.11. The summed E-state index contributed by atoms with van der Waals surface area (Å²) in [5, 5.41) is 11.8. The first-order valence-corrected chi connectivity index (χ1v) is 6.98. The van der Waals surface area contributed by atoms with E-state index in [0.29, 0.717) is 12.2 Å². The number of carbonyl (C=O) groups excluding carboxylic acids is 1. The minimum atomic E-state index is -1.16. The highest BCUT2D eigenvalue weighted by molar-refractivity contribution is 7.99. The highest BCUT2D eigenvalue weighted by Gasteiger charge is 2.43. The first-order chi connectivity index (χ1) is 9.12. The molecular formula is C14H13NO3S. The van der Waals surface area contributed by atoms with Crippen LogP contribution < -0.4 is 5.32 Å². The van der Waals surface area contributed by atoms with Gasteiger partial charge in [0, 0.05) is 17.2 Å². The monoisotopic (exact) mass is 275 g/mol. The van der Waals surface area contributed by atoms with E-state index >= 15 is 0 Å². The lowest BCUT2D eigenvalue weighted by Crippen LogP contribution is -2.54. The molecule has 0 spiro atoms. The molecule has 1 aromatic carbocycles. The van der Waals surface area contributed by atoms with E-state index < -0.39 is 17.4 Å². The third-order valence-corrected chi connectivity index (χ3v) is 4.07. The molecule has 1 heterocycles. The summed E-state index contributed by atoms with van der Waals surface area (Å²) in [5.74, 6) is 4.73. The molecule has 4 nitrogen and oxygen atoms in total. The first kappa shape index (κ1) is 13.5. The number of rotatable bonds is 2. The molecule has 0 aromatic heterocycles. The summed E-state index contributed by atoms with van der Waals surface area (Å²) in [6.07, 6.45) is 0.436. The van der Waals surface area contributed by atoms with E-state index in [0.717, 1.165) is 11.3 Å². The van der Waals surface area contributed by atoms with Gasteiger partial charge in [-0.1, -0.05) is 24.1 Å². The molecule has 0 aliphatic carbocycles. The highest BCUT2D eigenvalue weighted by Crippen LogP contribution is 2.28. The van der Waals surface area contributed by atoms with E-state index in [1.807, 2.05) is 18.2 Å². The summed E-state index contributed by atoms with van der Waals surface area (Å²) in [4.78, 5) is 23.0. The van der Waals surface area contributed by atoms with Crippen molar-refractivity contribution in [3.05, 3.63) is 35.9 Å². The van der Waals surface area contributed by atoms with E-state index in [1.165, 1.54) is 11.8 Å². The largest absolute Gasteiger partial charge is 0.479 e. The summed E-state index contributed by atoms with van der Waals surface area (Å²) >= 11 is 1.52. The van der Waals surface area contributed by atoms with Gasteiger partial charge >= 0.3 is 5.97 Å². The molecule has 0 radical (unpaired) electrons. The van der Waals surface area contributed by atoms with Gasteiger partial charge in [-0.2, -0.15) is 11.8 Å². The van der Waals surface area contributed by atoms with Crippen LogP contribution in [0.5, 0.6) is 0 Å². The fraction of sp³-hybridized carbons (Fsp3) is 0.286. The normalized spacial score (nSPS) is 21.3. The van der Waals surface area contributed by atoms with Gasteiger partial charge < -0.3 is 10.4 Å². The van der Waals surface area contributed by atoms with Crippen LogP contribution in [-0.4, -0.2) is 34.0 Å². The minimum absolute atomic E-state index is 0.390. The SMILES string of the molecule is O=C(C#Cc1ccccc1)NC1(C(=O)O)CCSC1. The molecule has 1 aliphatic rings. The standard InChI is InChI=1S/C14H13NO3S/c16-12(7-6-11-4-2-1-3-5-11)15-14(13(17)18)8-9-19-10-14/h1-5H,8-10H2,(H,15,16)(H,17,18). The molecule has 1 aromatic rings. The van der Waals surface area contributed by atoms with Crippen molar-refractivity contribution in [3.8, 4) is 11.8 Å². The topological polar surface area (TPSA) is 66.4 Å². The molecule has 1 unspecified atom stereocenters. The number of amides is 1. The predicted molar refractivity (Wildman–Crippen MR) is 73.8 cm³/mol. The van der Waals surface area contributed by atoms with Gasteiger partial charge in [0.1, 0.15) is 5.54 Å². The van der Waals surface area contributed by atoms with Crippen molar-refractivity contribution in [1.29, 1.82) is 0 Å². The van der Waals surface area contributed by atoms with Gasteiger partial charge in [0.15, 0.2) is 0 Å². The van der Waals surface area contributed by atoms with Crippen LogP contribution in [0.25, 0.3) is 0 Å². The second-order valence-corrected chi connectivity index (χ2v) is 5.37. The lowest BCUT2D eigenvalue weighted by molar-refractivity contribution is -0.145. The van der Waals surface area contributed by atoms with E-state index in [-0.39, 0.29) is 0 Å². The number of carboxylic acids is 1. The van der Waals surface area contributed by atoms with Crippen molar-refractivity contribution < 1.29 is 14.7 Å². The third-order valence-electron chi connectivity index (χ3n) is 2.88. The van der Waals surface area contributed by atoms with Gasteiger partial charge in [0.2, 0.25) is 0 Å². The number of aliphatic carboxylic acids is 1. The van der Waals surface area contributed by atoms with Crippen LogP contribution in [0.15, 0.2) is 30.3 Å². The summed E-state index contributed by atoms with van der Waals surface area (Å²) in [6, 6.07) is 9.10. The van der Waals surface area contributed by atoms with E-state index in [4.69, 9.17) is 0 Å². The van der Waals surface area contributed by atoms with Crippen molar-refractivity contribution >= 4 is 23.6 Å². The zero-order valence-corrected chi connectivity index (χ0v) is 11.0. The van der Waals surface area contributed by atoms with Crippen molar-refractivity contribution in [1.82, 2.24) is 5.32 Å². The Bertz CT molecular complexity index is 539. The molecule has 2 N–H and O–H groups in total. The van der Waals surface area contributed by atoms with E-state index in [2.05, 4.69) is 17.2 Å². The summed E-state index contributed by atoms with van der Waals surface area (Å²) in [6.45, 7) is 0. The maximum absolute atomic E-state index is 11.7. The number of nitrogens with one attached hydrogen (secondary N) is 1. The zero-order valence-electron chi connectivity index (χ0n) is 10.2. The van der Waals surface area contributed by atoms with Gasteiger partial charge in [-0.3, -0.25) is 4.79 Å². The molecule has 1 atom stereocenters. The van der Waals surface area contributed by atoms with Gasteiger partial charge in [-0.05, 0) is 24.3 Å². The van der Waals surface area contributed by atoms with Gasteiger partial charge in [0.05, 0.1) is 0 Å². The average molecular weight is 275 g/mol. The van der Waals surface area contributed by atoms with E-state index in [9.17, 15) is 14.7 Å². The van der Waals surface area contributed by atoms with Crippen LogP contribution in [0.1, 0.15) is 12.0 Å². The Morgan fingerprint density at radius 2 is 2.05 bits per heavy atom. The number of carbonyl (C=O) groups is 2. The first-order valence-electron chi connectivity index (χ1n) is 5.83. The lowest BCUT2D eigenvalue weighted by atomic mass is 9.99. The smallest absolute Gasteiger partial charge is 0.330 e. The Kier molecular flexibility index (Phi) is 4.13. The predicted octanol–water partition coefficient (Wildman–Crippen LogP) is 1.11. The van der Waals surface area contributed by atoms with Crippen molar-refractivity contribution in [2.75, 3.05) is 11.5 Å². The second-order valence-electron chi connectivity index (χ2n) is 4.26. The Balaban J connectivity index is 2.05. The number of hydrogen-bond donors (Lipinski definition) is 2. The molecule has 1 saturated heterocycles. The molecule has 1 fully saturated rings. The molecule has 1 aliphatic heterocycles. The van der Waals surface area contributed by atoms with Crippen LogP contribution in [0.4, 0.5) is 0 Å². The number of hydrogen-bond acceptors (Lipinski definition) is 3. The number of thioether (sulfide) groups is 1. The fourth-order valence-electron chi connectivity index (χ4n) is 1.78. The lowest BCUT2D eigenvalue weighted by Gasteiger charge is -2.22. The molecule has 1 amide bonds. The van der Waals surface area contributed by atoms with Crippen LogP contribution >= 0.6 is 11.8 Å². The van der Waals surface area contributed by atoms with Crippen LogP contribution in [0, 0.1) is 11.8 Å². The third kappa shape index (κ3) is 3.30. The quantitative estimate of drug-likeness (QED) is 0.794. The van der Waals surface area contributed by atoms with Gasteiger partial charge in [-0.15, -0.1) is 0 Å². The number of carboxylic acid groups (broad SMARTS) is 1. The van der Waals surface area contributed by atoms with Crippen LogP contribution in [0.3, 0.4) is 0 Å². The van der Waals surface area contributed by atoms with Crippen LogP contribution in [-0.2, 0) is 9.59 Å². The summed E-state index contributed by atoms with van der Waals surface area (Å²) < 4.78 is 0. The maximum Gasteiger partial charge on any atom is 0.330 e. The molecule has 0 saturated carbocycles. The highest BCUT2D eigenvalue weighted by atomic mass is 32.2. The Morgan fingerprint density at radius 3 is 2.63 bits per heavy atom. The van der Waals surface area contributed by atoms with E-state index in [1.54, 1.807) is 12.1 Å². The average Bonchev–Trinajstić information content (AvgIpc) is 2.87. The van der Waals surface area contributed by atoms with Crippen LogP contribution in [0.2, 0.25) is 0 Å². The molecular weight excluding hydrogens is 262 g/mol.